The topological polar surface area (TPSA) is 51.6 Å². The summed E-state index contributed by atoms with van der Waals surface area (Å²) in [5, 5.41) is 5.83. The van der Waals surface area contributed by atoms with Crippen LogP contribution < -0.4 is 0 Å². The molecule has 2 aromatic heterocycles. The molecule has 0 unspecified atom stereocenters. The molecule has 0 aliphatic heterocycles. The molecule has 8 aromatic carbocycles. The molecule has 2 heterocycles. The highest BCUT2D eigenvalue weighted by Gasteiger charge is 2.17. The van der Waals surface area contributed by atoms with E-state index in [1.807, 2.05) is 30.3 Å². The van der Waals surface area contributed by atoms with Gasteiger partial charge in [0.05, 0.1) is 22.6 Å². The second-order valence-corrected chi connectivity index (χ2v) is 13.5. The highest BCUT2D eigenvalue weighted by molar-refractivity contribution is 6.15. The van der Waals surface area contributed by atoms with Crippen molar-refractivity contribution < 1.29 is 0 Å². The number of fused-ring (bicyclic) bond motifs is 4. The fourth-order valence-corrected chi connectivity index (χ4v) is 7.37. The summed E-state index contributed by atoms with van der Waals surface area (Å²) in [5.74, 6) is 1.36. The van der Waals surface area contributed by atoms with Crippen LogP contribution in [0.2, 0.25) is 0 Å². The lowest BCUT2D eigenvalue weighted by molar-refractivity contribution is 1.18. The average Bonchev–Trinajstić information content (AvgIpc) is 3.26. The van der Waals surface area contributed by atoms with Gasteiger partial charge in [-0.3, -0.25) is 0 Å². The van der Waals surface area contributed by atoms with E-state index in [4.69, 9.17) is 19.9 Å². The number of aromatic nitrogens is 4. The Balaban J connectivity index is 1.07. The lowest BCUT2D eigenvalue weighted by atomic mass is 9.94. The van der Waals surface area contributed by atoms with Crippen LogP contribution in [0.5, 0.6) is 0 Å². The molecule has 0 aliphatic rings. The van der Waals surface area contributed by atoms with Crippen LogP contribution >= 0.6 is 0 Å². The molecule has 0 aliphatic carbocycles. The Morgan fingerprint density at radius 1 is 0.278 bits per heavy atom. The van der Waals surface area contributed by atoms with Crippen LogP contribution in [-0.2, 0) is 0 Å². The fourth-order valence-electron chi connectivity index (χ4n) is 7.37. The van der Waals surface area contributed by atoms with Gasteiger partial charge in [0, 0.05) is 33.2 Å². The number of nitrogens with zero attached hydrogens (tertiary/aromatic N) is 4. The Kier molecular flexibility index (Phi) is 7.77. The van der Waals surface area contributed by atoms with Crippen molar-refractivity contribution in [2.45, 2.75) is 0 Å². The van der Waals surface area contributed by atoms with E-state index in [2.05, 4.69) is 164 Å². The summed E-state index contributed by atoms with van der Waals surface area (Å²) in [7, 11) is 0. The largest absolute Gasteiger partial charge is 0.228 e. The summed E-state index contributed by atoms with van der Waals surface area (Å²) >= 11 is 0. The quantitative estimate of drug-likeness (QED) is 0.163. The molecule has 0 fully saturated rings. The van der Waals surface area contributed by atoms with Gasteiger partial charge in [-0.1, -0.05) is 176 Å². The van der Waals surface area contributed by atoms with Crippen LogP contribution in [-0.4, -0.2) is 19.9 Å². The molecule has 54 heavy (non-hydrogen) atoms. The van der Waals surface area contributed by atoms with Gasteiger partial charge in [-0.15, -0.1) is 0 Å². The van der Waals surface area contributed by atoms with E-state index in [0.717, 1.165) is 55.8 Å². The van der Waals surface area contributed by atoms with Crippen LogP contribution in [0.3, 0.4) is 0 Å². The summed E-state index contributed by atoms with van der Waals surface area (Å²) < 4.78 is 0. The summed E-state index contributed by atoms with van der Waals surface area (Å²) in [5.41, 5.74) is 10.9. The predicted molar refractivity (Wildman–Crippen MR) is 223 cm³/mol. The molecule has 252 valence electrons. The monoisotopic (exact) mass is 688 g/mol. The number of benzene rings is 8. The summed E-state index contributed by atoms with van der Waals surface area (Å²) in [4.78, 5) is 20.5. The summed E-state index contributed by atoms with van der Waals surface area (Å²) in [6, 6.07) is 67.4. The molecule has 0 amide bonds. The van der Waals surface area contributed by atoms with Crippen molar-refractivity contribution in [3.63, 3.8) is 0 Å². The summed E-state index contributed by atoms with van der Waals surface area (Å²) in [6.45, 7) is 0. The van der Waals surface area contributed by atoms with Crippen LogP contribution in [0.25, 0.3) is 100 Å². The molecule has 10 rings (SSSR count). The van der Waals surface area contributed by atoms with E-state index in [1.54, 1.807) is 0 Å². The molecule has 0 N–H and O–H groups in total. The van der Waals surface area contributed by atoms with Crippen LogP contribution in [0, 0.1) is 0 Å². The van der Waals surface area contributed by atoms with Crippen LogP contribution in [0.1, 0.15) is 0 Å². The number of hydrogen-bond donors (Lipinski definition) is 0. The number of hydrogen-bond acceptors (Lipinski definition) is 4. The van der Waals surface area contributed by atoms with Gasteiger partial charge in [-0.25, -0.2) is 19.9 Å². The lowest BCUT2D eigenvalue weighted by Gasteiger charge is -2.14. The molecule has 4 heteroatoms. The minimum Gasteiger partial charge on any atom is -0.228 e. The van der Waals surface area contributed by atoms with E-state index in [0.29, 0.717) is 11.6 Å². The molecule has 10 aromatic rings. The van der Waals surface area contributed by atoms with E-state index in [-0.39, 0.29) is 0 Å². The fraction of sp³-hybridized carbons (Fsp3) is 0. The molecule has 0 spiro atoms. The zero-order valence-electron chi connectivity index (χ0n) is 29.3. The molecular weight excluding hydrogens is 657 g/mol. The number of rotatable bonds is 6. The zero-order valence-corrected chi connectivity index (χ0v) is 29.3. The van der Waals surface area contributed by atoms with Gasteiger partial charge in [0.2, 0.25) is 0 Å². The van der Waals surface area contributed by atoms with Gasteiger partial charge in [0.15, 0.2) is 11.6 Å². The molecule has 4 nitrogen and oxygen atoms in total. The third-order valence-corrected chi connectivity index (χ3v) is 10.1. The van der Waals surface area contributed by atoms with Crippen molar-refractivity contribution >= 4 is 32.4 Å². The minimum atomic E-state index is 0.680. The Bertz CT molecular complexity index is 2960. The van der Waals surface area contributed by atoms with Gasteiger partial charge in [0.1, 0.15) is 0 Å². The molecule has 0 radical (unpaired) electrons. The average molecular weight is 689 g/mol. The first-order valence-electron chi connectivity index (χ1n) is 18.1. The highest BCUT2D eigenvalue weighted by Crippen LogP contribution is 2.38. The first kappa shape index (κ1) is 31.4. The third kappa shape index (κ3) is 5.76. The van der Waals surface area contributed by atoms with Crippen molar-refractivity contribution in [3.05, 3.63) is 194 Å². The van der Waals surface area contributed by atoms with Crippen molar-refractivity contribution in [1.29, 1.82) is 0 Å². The summed E-state index contributed by atoms with van der Waals surface area (Å²) in [6.07, 6.45) is 0. The predicted octanol–water partition coefficient (Wildman–Crippen LogP) is 12.7. The molecule has 0 saturated carbocycles. The van der Waals surface area contributed by atoms with Crippen LogP contribution in [0.15, 0.2) is 194 Å². The lowest BCUT2D eigenvalue weighted by Crippen LogP contribution is -1.97. The normalized spacial score (nSPS) is 11.3. The standard InChI is InChI=1S/C50H32N4/c1-3-13-33(14-4-1)34-23-25-35(26-24-34)46-32-47(53-49(52-46)37-15-5-2-6-16-37)36-27-29-38(30-28-36)50-51-45-22-12-11-21-43(45)48(54-50)44-31-39-17-7-8-18-40(39)41-19-9-10-20-42(41)44/h1-32H. The van der Waals surface area contributed by atoms with Crippen molar-refractivity contribution in [2.24, 2.45) is 0 Å². The zero-order chi connectivity index (χ0) is 35.8. The maximum atomic E-state index is 5.30. The first-order valence-corrected chi connectivity index (χ1v) is 18.1. The molecule has 0 bridgehead atoms. The SMILES string of the molecule is c1ccc(-c2ccc(-c3cc(-c4ccc(-c5nc(-c6cc7ccccc7c7ccccc67)c6ccccc6n5)cc4)nc(-c4ccccc4)n3)cc2)cc1. The van der Waals surface area contributed by atoms with Crippen molar-refractivity contribution in [2.75, 3.05) is 0 Å². The smallest absolute Gasteiger partial charge is 0.160 e. The van der Waals surface area contributed by atoms with Crippen molar-refractivity contribution in [3.8, 4) is 67.7 Å². The molecule has 0 saturated heterocycles. The maximum Gasteiger partial charge on any atom is 0.160 e. The molecule has 0 atom stereocenters. The van der Waals surface area contributed by atoms with Gasteiger partial charge < -0.3 is 0 Å². The minimum absolute atomic E-state index is 0.680. The van der Waals surface area contributed by atoms with Crippen molar-refractivity contribution in [1.82, 2.24) is 19.9 Å². The Labute approximate surface area is 313 Å². The second kappa shape index (κ2) is 13.4. The van der Waals surface area contributed by atoms with E-state index in [1.165, 1.54) is 32.7 Å². The van der Waals surface area contributed by atoms with Gasteiger partial charge in [-0.2, -0.15) is 0 Å². The van der Waals surface area contributed by atoms with E-state index >= 15 is 0 Å². The van der Waals surface area contributed by atoms with E-state index < -0.39 is 0 Å². The van der Waals surface area contributed by atoms with E-state index in [9.17, 15) is 0 Å². The Morgan fingerprint density at radius 3 is 1.43 bits per heavy atom. The van der Waals surface area contributed by atoms with Gasteiger partial charge >= 0.3 is 0 Å². The maximum absolute atomic E-state index is 5.30. The third-order valence-electron chi connectivity index (χ3n) is 10.1. The molecular formula is C50H32N4. The highest BCUT2D eigenvalue weighted by atomic mass is 14.9. The Morgan fingerprint density at radius 2 is 0.741 bits per heavy atom. The van der Waals surface area contributed by atoms with Gasteiger partial charge in [-0.05, 0) is 50.9 Å². The van der Waals surface area contributed by atoms with Crippen LogP contribution in [0.4, 0.5) is 0 Å². The van der Waals surface area contributed by atoms with Gasteiger partial charge in [0.25, 0.3) is 0 Å². The second-order valence-electron chi connectivity index (χ2n) is 13.5. The number of para-hydroxylation sites is 1. The first-order chi connectivity index (χ1) is 26.7. The Hall–Kier alpha value is -7.30.